The fraction of sp³-hybridized carbons (Fsp3) is 0.158. The van der Waals surface area contributed by atoms with Gasteiger partial charge in [0, 0.05) is 23.3 Å². The highest BCUT2D eigenvalue weighted by atomic mass is 19.4. The topological polar surface area (TPSA) is 60.4 Å². The third-order valence-electron chi connectivity index (χ3n) is 8.47. The summed E-state index contributed by atoms with van der Waals surface area (Å²) in [5.74, 6) is 0.172. The number of aryl methyl sites for hydroxylation is 5. The van der Waals surface area contributed by atoms with E-state index >= 15 is 0 Å². The Balaban J connectivity index is 0.000000155. The lowest BCUT2D eigenvalue weighted by atomic mass is 10.1. The lowest BCUT2D eigenvalue weighted by Crippen LogP contribution is -2.08. The second kappa shape index (κ2) is 11.8. The van der Waals surface area contributed by atoms with Crippen molar-refractivity contribution >= 4 is 33.1 Å². The van der Waals surface area contributed by atoms with Gasteiger partial charge in [-0.1, -0.05) is 42.0 Å². The third-order valence-corrected chi connectivity index (χ3v) is 8.47. The maximum absolute atomic E-state index is 13.8. The predicted molar refractivity (Wildman–Crippen MR) is 180 cm³/mol. The standard InChI is InChI=1S/C19H13F4N3.C19H16FN3/c1-10-17-11(2)25-18(13-5-3-4-6-14(13)19(21,22)23)26(17)16-9-12(20)7-8-15(16)24-10;1-11-5-4-6-14(9-11)19-22-13(3)18-12(2)21-16-8-7-15(20)10-17(16)23(18)19/h3-9H,1-2H3;4-10H,1-3H3. The van der Waals surface area contributed by atoms with Gasteiger partial charge in [-0.15, -0.1) is 0 Å². The van der Waals surface area contributed by atoms with Gasteiger partial charge in [-0.3, -0.25) is 8.80 Å². The van der Waals surface area contributed by atoms with E-state index < -0.39 is 17.6 Å². The van der Waals surface area contributed by atoms with Crippen molar-refractivity contribution in [2.45, 2.75) is 40.8 Å². The van der Waals surface area contributed by atoms with E-state index in [4.69, 9.17) is 4.98 Å². The Morgan fingerprint density at radius 2 is 1.04 bits per heavy atom. The molecule has 0 saturated carbocycles. The Hall–Kier alpha value is -5.71. The smallest absolute Gasteiger partial charge is 0.289 e. The molecule has 0 saturated heterocycles. The van der Waals surface area contributed by atoms with Crippen molar-refractivity contribution in [3.8, 4) is 22.8 Å². The van der Waals surface area contributed by atoms with Crippen molar-refractivity contribution in [2.24, 2.45) is 0 Å². The van der Waals surface area contributed by atoms with E-state index in [0.29, 0.717) is 27.9 Å². The number of alkyl halides is 3. The molecule has 4 aromatic carbocycles. The van der Waals surface area contributed by atoms with Gasteiger partial charge < -0.3 is 0 Å². The molecule has 11 heteroatoms. The molecule has 49 heavy (non-hydrogen) atoms. The molecule has 246 valence electrons. The second-order valence-corrected chi connectivity index (χ2v) is 12.0. The van der Waals surface area contributed by atoms with Gasteiger partial charge in [0.15, 0.2) is 0 Å². The number of aromatic nitrogens is 6. The fourth-order valence-corrected chi connectivity index (χ4v) is 6.47. The zero-order valence-corrected chi connectivity index (χ0v) is 27.2. The van der Waals surface area contributed by atoms with Crippen LogP contribution >= 0.6 is 0 Å². The Morgan fingerprint density at radius 1 is 0.531 bits per heavy atom. The summed E-state index contributed by atoms with van der Waals surface area (Å²) in [6.07, 6.45) is -4.53. The molecule has 8 aromatic rings. The molecule has 0 amide bonds. The van der Waals surface area contributed by atoms with Crippen molar-refractivity contribution in [1.29, 1.82) is 0 Å². The van der Waals surface area contributed by atoms with Gasteiger partial charge in [0.2, 0.25) is 0 Å². The summed E-state index contributed by atoms with van der Waals surface area (Å²) in [7, 11) is 0. The van der Waals surface area contributed by atoms with Crippen LogP contribution in [0.3, 0.4) is 0 Å². The summed E-state index contributed by atoms with van der Waals surface area (Å²) in [5, 5.41) is 0. The van der Waals surface area contributed by atoms with Gasteiger partial charge in [0.1, 0.15) is 23.3 Å². The Bertz CT molecular complexity index is 2580. The molecular weight excluding hydrogens is 635 g/mol. The first-order valence-electron chi connectivity index (χ1n) is 15.5. The molecule has 0 aliphatic rings. The molecule has 4 heterocycles. The Morgan fingerprint density at radius 3 is 1.59 bits per heavy atom. The van der Waals surface area contributed by atoms with Crippen LogP contribution in [0.25, 0.3) is 55.9 Å². The number of imidazole rings is 2. The molecule has 0 radical (unpaired) electrons. The van der Waals surface area contributed by atoms with E-state index in [9.17, 15) is 22.0 Å². The number of benzene rings is 4. The number of halogens is 5. The summed E-state index contributed by atoms with van der Waals surface area (Å²) in [5.41, 5.74) is 8.18. The van der Waals surface area contributed by atoms with E-state index in [1.165, 1.54) is 48.5 Å². The molecule has 0 atom stereocenters. The van der Waals surface area contributed by atoms with Crippen LogP contribution in [0.15, 0.2) is 84.9 Å². The predicted octanol–water partition coefficient (Wildman–Crippen LogP) is 9.94. The van der Waals surface area contributed by atoms with Crippen molar-refractivity contribution in [3.63, 3.8) is 0 Å². The van der Waals surface area contributed by atoms with Crippen molar-refractivity contribution in [2.75, 3.05) is 0 Å². The maximum Gasteiger partial charge on any atom is 0.417 e. The van der Waals surface area contributed by atoms with Crippen LogP contribution in [0.1, 0.15) is 33.9 Å². The van der Waals surface area contributed by atoms with Crippen LogP contribution in [-0.4, -0.2) is 28.7 Å². The number of hydrogen-bond acceptors (Lipinski definition) is 4. The molecule has 4 aromatic heterocycles. The first kappa shape index (κ1) is 31.9. The average Bonchev–Trinajstić information content (AvgIpc) is 3.60. The lowest BCUT2D eigenvalue weighted by molar-refractivity contribution is -0.137. The summed E-state index contributed by atoms with van der Waals surface area (Å²) in [6.45, 7) is 9.44. The molecular formula is C38H29F5N6. The summed E-state index contributed by atoms with van der Waals surface area (Å²) < 4.78 is 71.7. The van der Waals surface area contributed by atoms with Gasteiger partial charge in [-0.25, -0.2) is 28.7 Å². The van der Waals surface area contributed by atoms with Crippen LogP contribution < -0.4 is 0 Å². The van der Waals surface area contributed by atoms with Crippen LogP contribution in [0.5, 0.6) is 0 Å². The highest BCUT2D eigenvalue weighted by Gasteiger charge is 2.35. The first-order chi connectivity index (χ1) is 23.3. The van der Waals surface area contributed by atoms with Gasteiger partial charge in [-0.05, 0) is 71.0 Å². The van der Waals surface area contributed by atoms with E-state index in [1.54, 1.807) is 24.3 Å². The average molecular weight is 665 g/mol. The van der Waals surface area contributed by atoms with Crippen LogP contribution in [0, 0.1) is 46.3 Å². The molecule has 0 fully saturated rings. The number of hydrogen-bond donors (Lipinski definition) is 0. The molecule has 0 bridgehead atoms. The minimum Gasteiger partial charge on any atom is -0.289 e. The van der Waals surface area contributed by atoms with Gasteiger partial charge in [0.25, 0.3) is 0 Å². The van der Waals surface area contributed by atoms with Crippen molar-refractivity contribution in [3.05, 3.63) is 130 Å². The number of rotatable bonds is 2. The van der Waals surface area contributed by atoms with E-state index in [2.05, 4.69) is 34.0 Å². The summed E-state index contributed by atoms with van der Waals surface area (Å²) in [6, 6.07) is 22.2. The SMILES string of the molecule is Cc1cccc(-c2nc(C)c3c(C)nc4ccc(F)cc4n23)c1.Cc1nc(-c2ccccc2C(F)(F)F)n2c1c(C)nc1ccc(F)cc12. The number of fused-ring (bicyclic) bond motifs is 6. The molecule has 0 unspecified atom stereocenters. The lowest BCUT2D eigenvalue weighted by Gasteiger charge is -2.13. The quantitative estimate of drug-likeness (QED) is 0.173. The second-order valence-electron chi connectivity index (χ2n) is 12.0. The normalized spacial score (nSPS) is 11.9. The van der Waals surface area contributed by atoms with Crippen LogP contribution in [0.2, 0.25) is 0 Å². The van der Waals surface area contributed by atoms with Crippen LogP contribution in [0.4, 0.5) is 22.0 Å². The molecule has 0 N–H and O–H groups in total. The van der Waals surface area contributed by atoms with Crippen LogP contribution in [-0.2, 0) is 6.18 Å². The molecule has 0 aliphatic heterocycles. The molecule has 8 rings (SSSR count). The van der Waals surface area contributed by atoms with Crippen molar-refractivity contribution < 1.29 is 22.0 Å². The largest absolute Gasteiger partial charge is 0.417 e. The maximum atomic E-state index is 13.8. The molecule has 6 nitrogen and oxygen atoms in total. The zero-order valence-electron chi connectivity index (χ0n) is 27.2. The molecule has 0 spiro atoms. The van der Waals surface area contributed by atoms with E-state index in [1.807, 2.05) is 30.4 Å². The van der Waals surface area contributed by atoms with Gasteiger partial charge in [0.05, 0.1) is 61.4 Å². The first-order valence-corrected chi connectivity index (χ1v) is 15.5. The summed E-state index contributed by atoms with van der Waals surface area (Å²) >= 11 is 0. The fourth-order valence-electron chi connectivity index (χ4n) is 6.47. The zero-order chi connectivity index (χ0) is 34.8. The Labute approximate surface area is 277 Å². The minimum atomic E-state index is -4.53. The monoisotopic (exact) mass is 664 g/mol. The van der Waals surface area contributed by atoms with E-state index in [-0.39, 0.29) is 17.2 Å². The highest BCUT2D eigenvalue weighted by molar-refractivity contribution is 5.85. The third kappa shape index (κ3) is 5.54. The minimum absolute atomic E-state index is 0.0562. The van der Waals surface area contributed by atoms with Crippen molar-refractivity contribution in [1.82, 2.24) is 28.7 Å². The number of nitrogens with zero attached hydrogens (tertiary/aromatic N) is 6. The summed E-state index contributed by atoms with van der Waals surface area (Å²) in [4.78, 5) is 18.2. The van der Waals surface area contributed by atoms with Gasteiger partial charge in [-0.2, -0.15) is 13.2 Å². The van der Waals surface area contributed by atoms with Gasteiger partial charge >= 0.3 is 6.18 Å². The van der Waals surface area contributed by atoms with E-state index in [0.717, 1.165) is 51.0 Å². The Kier molecular flexibility index (Phi) is 7.65. The highest BCUT2D eigenvalue weighted by Crippen LogP contribution is 2.38. The molecule has 0 aliphatic carbocycles.